The first kappa shape index (κ1) is 17.2. The Bertz CT molecular complexity index is 432. The number of nitrogens with zero attached hydrogens (tertiary/aromatic N) is 2. The second-order valence-electron chi connectivity index (χ2n) is 2.69. The molecule has 3 nitrogen and oxygen atoms in total. The molecule has 1 unspecified atom stereocenters. The molecule has 0 aliphatic carbocycles. The Labute approximate surface area is 114 Å². The minimum atomic E-state index is -4.92. The number of alkyl halides is 3. The van der Waals surface area contributed by atoms with E-state index in [4.69, 9.17) is 0 Å². The zero-order valence-electron chi connectivity index (χ0n) is 9.95. The first-order valence-electron chi connectivity index (χ1n) is 4.91. The summed E-state index contributed by atoms with van der Waals surface area (Å²) in [7, 11) is -1.19. The summed E-state index contributed by atoms with van der Waals surface area (Å²) in [4.78, 5) is 14.5. The van der Waals surface area contributed by atoms with Crippen LogP contribution in [0.1, 0.15) is 13.8 Å². The van der Waals surface area contributed by atoms with Crippen molar-refractivity contribution < 1.29 is 18.0 Å². The van der Waals surface area contributed by atoms with Crippen LogP contribution in [0.5, 0.6) is 0 Å². The third kappa shape index (κ3) is 5.72. The average molecular weight is 345 g/mol. The second kappa shape index (κ2) is 7.63. The number of hydrogen-bond donors (Lipinski definition) is 0. The summed E-state index contributed by atoms with van der Waals surface area (Å²) in [6, 6.07) is 3.14. The minimum Gasteiger partial charge on any atom is -0.261 e. The third-order valence-corrected chi connectivity index (χ3v) is 3.22. The van der Waals surface area contributed by atoms with Crippen LogP contribution in [0.4, 0.5) is 13.2 Å². The molecule has 0 bridgehead atoms. The van der Waals surface area contributed by atoms with Crippen LogP contribution in [0.25, 0.3) is 0 Å². The molecule has 0 aromatic carbocycles. The smallest absolute Gasteiger partial charge is 0.261 e. The van der Waals surface area contributed by atoms with E-state index >= 15 is 0 Å². The fraction of sp³-hybridized carbons (Fsp3) is 0.400. The van der Waals surface area contributed by atoms with Crippen molar-refractivity contribution in [3.05, 3.63) is 22.8 Å². The van der Waals surface area contributed by atoms with E-state index in [0.29, 0.717) is 9.50 Å². The lowest BCUT2D eigenvalue weighted by Gasteiger charge is -2.03. The number of pyridine rings is 1. The van der Waals surface area contributed by atoms with Crippen molar-refractivity contribution in [2.75, 3.05) is 6.26 Å². The normalized spacial score (nSPS) is 12.6. The van der Waals surface area contributed by atoms with E-state index in [2.05, 4.69) is 25.3 Å². The van der Waals surface area contributed by atoms with E-state index in [0.717, 1.165) is 0 Å². The number of rotatable bonds is 1. The zero-order valence-corrected chi connectivity index (χ0v) is 12.4. The highest BCUT2D eigenvalue weighted by Gasteiger charge is 2.38. The van der Waals surface area contributed by atoms with Crippen LogP contribution in [0.3, 0.4) is 0 Å². The van der Waals surface area contributed by atoms with Crippen LogP contribution in [0.15, 0.2) is 32.2 Å². The molecule has 0 radical (unpaired) electrons. The quantitative estimate of drug-likeness (QED) is 0.778. The Hall–Kier alpha value is -0.760. The van der Waals surface area contributed by atoms with Crippen LogP contribution >= 0.6 is 15.9 Å². The molecule has 0 aliphatic heterocycles. The van der Waals surface area contributed by atoms with Crippen molar-refractivity contribution in [1.82, 2.24) is 4.98 Å². The fourth-order valence-corrected chi connectivity index (χ4v) is 1.91. The van der Waals surface area contributed by atoms with Crippen LogP contribution in [-0.2, 0) is 15.5 Å². The molecule has 1 aromatic rings. The molecule has 1 atom stereocenters. The summed E-state index contributed by atoms with van der Waals surface area (Å²) >= 11 is 3.14. The molecular weight excluding hydrogens is 333 g/mol. The van der Waals surface area contributed by atoms with Crippen LogP contribution < -0.4 is 0 Å². The van der Waals surface area contributed by atoms with Gasteiger partial charge in [0.2, 0.25) is 0 Å². The van der Waals surface area contributed by atoms with E-state index in [-0.39, 0.29) is 0 Å². The summed E-state index contributed by atoms with van der Waals surface area (Å²) < 4.78 is 39.5. The van der Waals surface area contributed by atoms with E-state index in [9.17, 15) is 18.0 Å². The summed E-state index contributed by atoms with van der Waals surface area (Å²) in [5, 5.41) is 0.334. The van der Waals surface area contributed by atoms with E-state index < -0.39 is 22.8 Å². The Morgan fingerprint density at radius 1 is 1.39 bits per heavy atom. The van der Waals surface area contributed by atoms with Crippen molar-refractivity contribution in [2.45, 2.75) is 25.0 Å². The van der Waals surface area contributed by atoms with Crippen LogP contribution in [-0.4, -0.2) is 23.3 Å². The number of aromatic nitrogens is 1. The van der Waals surface area contributed by atoms with Crippen molar-refractivity contribution >= 4 is 32.5 Å². The van der Waals surface area contributed by atoms with Gasteiger partial charge in [-0.05, 0) is 45.0 Å². The molecule has 1 aromatic heterocycles. The van der Waals surface area contributed by atoms with Gasteiger partial charge in [0.25, 0.3) is 0 Å². The molecule has 0 spiro atoms. The zero-order chi connectivity index (χ0) is 14.3. The molecule has 1 rings (SSSR count). The highest BCUT2D eigenvalue weighted by molar-refractivity contribution is 9.10. The van der Waals surface area contributed by atoms with Crippen LogP contribution in [0, 0.1) is 0 Å². The molecule has 18 heavy (non-hydrogen) atoms. The van der Waals surface area contributed by atoms with E-state index in [1.54, 1.807) is 6.07 Å². The number of carbonyl (C=O) groups excluding carboxylic acids is 1. The highest BCUT2D eigenvalue weighted by Crippen LogP contribution is 2.18. The van der Waals surface area contributed by atoms with Crippen LogP contribution in [0.2, 0.25) is 0 Å². The van der Waals surface area contributed by atoms with Gasteiger partial charge in [0.05, 0.1) is 0 Å². The first-order chi connectivity index (χ1) is 8.30. The molecule has 0 saturated heterocycles. The number of amides is 1. The van der Waals surface area contributed by atoms with Crippen molar-refractivity contribution in [3.8, 4) is 0 Å². The summed E-state index contributed by atoms with van der Waals surface area (Å²) in [6.45, 7) is 4.00. The van der Waals surface area contributed by atoms with Gasteiger partial charge in [0.1, 0.15) is 5.03 Å². The van der Waals surface area contributed by atoms with Gasteiger partial charge in [-0.1, -0.05) is 13.8 Å². The molecule has 0 aliphatic rings. The molecule has 8 heteroatoms. The number of carbonyl (C=O) groups is 1. The molecule has 1 amide bonds. The van der Waals surface area contributed by atoms with Gasteiger partial charge < -0.3 is 0 Å². The Morgan fingerprint density at radius 3 is 2.33 bits per heavy atom. The number of hydrogen-bond acceptors (Lipinski definition) is 2. The largest absolute Gasteiger partial charge is 0.474 e. The van der Waals surface area contributed by atoms with Gasteiger partial charge in [-0.3, -0.25) is 4.79 Å². The lowest BCUT2D eigenvalue weighted by atomic mass is 10.5. The molecule has 0 saturated carbocycles. The average Bonchev–Trinajstić information content (AvgIpc) is 2.31. The van der Waals surface area contributed by atoms with Gasteiger partial charge in [-0.15, -0.1) is 0 Å². The molecule has 102 valence electrons. The summed E-state index contributed by atoms with van der Waals surface area (Å²) in [5.74, 6) is -2.08. The van der Waals surface area contributed by atoms with Gasteiger partial charge in [-0.2, -0.15) is 17.5 Å². The maximum atomic E-state index is 11.9. The lowest BCUT2D eigenvalue weighted by molar-refractivity contribution is -0.169. The SMILES string of the molecule is CC.CS(=NC(=O)C(F)(F)F)c1ccc(Br)cn1. The van der Waals surface area contributed by atoms with E-state index in [1.165, 1.54) is 18.5 Å². The monoisotopic (exact) mass is 344 g/mol. The topological polar surface area (TPSA) is 42.3 Å². The summed E-state index contributed by atoms with van der Waals surface area (Å²) in [5.41, 5.74) is 0. The standard InChI is InChI=1S/C8H6BrF3N2OS.C2H6/c1-16(14-7(15)8(10,11)12)6-3-2-5(9)4-13-6;1-2/h2-4H,1H3;1-2H3. The minimum absolute atomic E-state index is 0.334. The van der Waals surface area contributed by atoms with Gasteiger partial charge >= 0.3 is 12.1 Å². The predicted octanol–water partition coefficient (Wildman–Crippen LogP) is 3.75. The van der Waals surface area contributed by atoms with Gasteiger partial charge in [-0.25, -0.2) is 4.98 Å². The Kier molecular flexibility index (Phi) is 7.30. The molecule has 0 N–H and O–H groups in total. The third-order valence-electron chi connectivity index (χ3n) is 1.47. The predicted molar refractivity (Wildman–Crippen MR) is 68.3 cm³/mol. The van der Waals surface area contributed by atoms with Crippen molar-refractivity contribution in [3.63, 3.8) is 0 Å². The van der Waals surface area contributed by atoms with Crippen molar-refractivity contribution in [2.24, 2.45) is 4.36 Å². The number of halogens is 4. The van der Waals surface area contributed by atoms with Gasteiger partial charge in [0, 0.05) is 10.7 Å². The van der Waals surface area contributed by atoms with E-state index in [1.807, 2.05) is 13.8 Å². The maximum Gasteiger partial charge on any atom is 0.474 e. The van der Waals surface area contributed by atoms with Gasteiger partial charge in [0.15, 0.2) is 0 Å². The molecule has 1 heterocycles. The Balaban J connectivity index is 0.00000137. The first-order valence-corrected chi connectivity index (χ1v) is 7.29. The van der Waals surface area contributed by atoms with Crippen molar-refractivity contribution in [1.29, 1.82) is 0 Å². The maximum absolute atomic E-state index is 11.9. The lowest BCUT2D eigenvalue weighted by Crippen LogP contribution is -2.20. The highest BCUT2D eigenvalue weighted by atomic mass is 79.9. The molecular formula is C10H12BrF3N2OS. The summed E-state index contributed by atoms with van der Waals surface area (Å²) in [6.07, 6.45) is -2.08. The second-order valence-corrected chi connectivity index (χ2v) is 5.16. The molecule has 0 fully saturated rings. The fourth-order valence-electron chi connectivity index (χ4n) is 0.760. The Morgan fingerprint density at radius 2 is 1.94 bits per heavy atom.